The summed E-state index contributed by atoms with van der Waals surface area (Å²) in [5.74, 6) is 0. The Morgan fingerprint density at radius 3 is 2.54 bits per heavy atom. The zero-order chi connectivity index (χ0) is 9.31. The molecule has 0 aromatic carbocycles. The van der Waals surface area contributed by atoms with Crippen molar-refractivity contribution in [3.05, 3.63) is 12.2 Å². The molecule has 1 spiro atoms. The third kappa shape index (κ3) is 1.93. The average Bonchev–Trinajstić information content (AvgIpc) is 2.16. The van der Waals surface area contributed by atoms with E-state index in [0.29, 0.717) is 5.41 Å². The summed E-state index contributed by atoms with van der Waals surface area (Å²) in [5, 5.41) is 0. The molecule has 1 aliphatic heterocycles. The molecule has 0 amide bonds. The normalized spacial score (nSPS) is 33.8. The van der Waals surface area contributed by atoms with Gasteiger partial charge in [0, 0.05) is 0 Å². The Labute approximate surface area is 79.6 Å². The topological polar surface area (TPSA) is 3.24 Å². The molecule has 1 fully saturated rings. The predicted octanol–water partition coefficient (Wildman–Crippen LogP) is 2.39. The van der Waals surface area contributed by atoms with Crippen LogP contribution in [0.15, 0.2) is 12.2 Å². The third-order valence-electron chi connectivity index (χ3n) is 3.56. The van der Waals surface area contributed by atoms with E-state index in [1.807, 2.05) is 0 Å². The molecule has 0 N–H and O–H groups in total. The quantitative estimate of drug-likeness (QED) is 0.521. The Hall–Kier alpha value is -0.370. The van der Waals surface area contributed by atoms with Crippen LogP contribution in [-0.2, 0) is 0 Å². The minimum absolute atomic E-state index is 0.356. The SMILES string of the molecule is CN1CCC2(C=CC(F)CC2)CC1. The number of allylic oxidation sites excluding steroid dienone is 2. The van der Waals surface area contributed by atoms with Crippen LogP contribution in [0.2, 0.25) is 0 Å². The van der Waals surface area contributed by atoms with E-state index in [-0.39, 0.29) is 0 Å². The average molecular weight is 183 g/mol. The van der Waals surface area contributed by atoms with Gasteiger partial charge in [0.05, 0.1) is 0 Å². The van der Waals surface area contributed by atoms with Crippen LogP contribution in [-0.4, -0.2) is 31.2 Å². The Morgan fingerprint density at radius 1 is 1.31 bits per heavy atom. The molecular weight excluding hydrogens is 165 g/mol. The van der Waals surface area contributed by atoms with E-state index < -0.39 is 6.17 Å². The van der Waals surface area contributed by atoms with Gasteiger partial charge in [0.25, 0.3) is 0 Å². The lowest BCUT2D eigenvalue weighted by molar-refractivity contribution is 0.136. The van der Waals surface area contributed by atoms with Gasteiger partial charge in [-0.2, -0.15) is 0 Å². The zero-order valence-corrected chi connectivity index (χ0v) is 8.30. The van der Waals surface area contributed by atoms with Gasteiger partial charge in [-0.15, -0.1) is 0 Å². The van der Waals surface area contributed by atoms with E-state index in [0.717, 1.165) is 12.8 Å². The summed E-state index contributed by atoms with van der Waals surface area (Å²) < 4.78 is 12.9. The van der Waals surface area contributed by atoms with Gasteiger partial charge in [0.15, 0.2) is 0 Å². The fourth-order valence-corrected chi connectivity index (χ4v) is 2.39. The summed E-state index contributed by atoms with van der Waals surface area (Å²) in [6, 6.07) is 0. The van der Waals surface area contributed by atoms with Crippen LogP contribution in [0.25, 0.3) is 0 Å². The lowest BCUT2D eigenvalue weighted by Crippen LogP contribution is -2.38. The second-order valence-electron chi connectivity index (χ2n) is 4.58. The lowest BCUT2D eigenvalue weighted by atomic mass is 9.72. The molecule has 1 heterocycles. The number of piperidine rings is 1. The maximum atomic E-state index is 12.9. The predicted molar refractivity (Wildman–Crippen MR) is 52.4 cm³/mol. The lowest BCUT2D eigenvalue weighted by Gasteiger charge is -2.40. The molecule has 0 saturated carbocycles. The molecule has 2 rings (SSSR count). The molecule has 1 saturated heterocycles. The number of likely N-dealkylation sites (tertiary alicyclic amines) is 1. The van der Waals surface area contributed by atoms with Crippen LogP contribution in [0.3, 0.4) is 0 Å². The van der Waals surface area contributed by atoms with Crippen molar-refractivity contribution in [1.29, 1.82) is 0 Å². The third-order valence-corrected chi connectivity index (χ3v) is 3.56. The zero-order valence-electron chi connectivity index (χ0n) is 8.30. The van der Waals surface area contributed by atoms with Gasteiger partial charge < -0.3 is 4.90 Å². The molecule has 0 radical (unpaired) electrons. The number of halogens is 1. The largest absolute Gasteiger partial charge is 0.306 e. The van der Waals surface area contributed by atoms with Crippen molar-refractivity contribution in [2.24, 2.45) is 5.41 Å². The molecular formula is C11H18FN. The minimum Gasteiger partial charge on any atom is -0.306 e. The summed E-state index contributed by atoms with van der Waals surface area (Å²) in [6.45, 7) is 2.34. The fraction of sp³-hybridized carbons (Fsp3) is 0.818. The number of hydrogen-bond donors (Lipinski definition) is 0. The van der Waals surface area contributed by atoms with Crippen LogP contribution >= 0.6 is 0 Å². The smallest absolute Gasteiger partial charge is 0.118 e. The molecule has 0 bridgehead atoms. The van der Waals surface area contributed by atoms with Crippen molar-refractivity contribution < 1.29 is 4.39 Å². The second kappa shape index (κ2) is 3.41. The first-order valence-corrected chi connectivity index (χ1v) is 5.22. The minimum atomic E-state index is -0.676. The Bertz CT molecular complexity index is 204. The van der Waals surface area contributed by atoms with Crippen LogP contribution in [0.1, 0.15) is 25.7 Å². The maximum Gasteiger partial charge on any atom is 0.118 e. The molecule has 0 aromatic heterocycles. The first kappa shape index (κ1) is 9.20. The van der Waals surface area contributed by atoms with E-state index in [2.05, 4.69) is 18.0 Å². The van der Waals surface area contributed by atoms with Gasteiger partial charge >= 0.3 is 0 Å². The van der Waals surface area contributed by atoms with Gasteiger partial charge in [-0.05, 0) is 51.2 Å². The monoisotopic (exact) mass is 183 g/mol. The summed E-state index contributed by atoms with van der Waals surface area (Å²) in [7, 11) is 2.16. The first-order chi connectivity index (χ1) is 6.20. The van der Waals surface area contributed by atoms with Crippen LogP contribution in [0.4, 0.5) is 4.39 Å². The summed E-state index contributed by atoms with van der Waals surface area (Å²) in [4.78, 5) is 2.36. The number of rotatable bonds is 0. The summed E-state index contributed by atoms with van der Waals surface area (Å²) in [6.07, 6.45) is 7.46. The van der Waals surface area contributed by atoms with E-state index in [1.54, 1.807) is 6.08 Å². The molecule has 1 aliphatic carbocycles. The highest BCUT2D eigenvalue weighted by Gasteiger charge is 2.33. The van der Waals surface area contributed by atoms with Gasteiger partial charge in [0.2, 0.25) is 0 Å². The molecule has 1 atom stereocenters. The van der Waals surface area contributed by atoms with Crippen LogP contribution in [0, 0.1) is 5.41 Å². The highest BCUT2D eigenvalue weighted by Crippen LogP contribution is 2.40. The van der Waals surface area contributed by atoms with Crippen molar-refractivity contribution in [3.8, 4) is 0 Å². The van der Waals surface area contributed by atoms with E-state index in [9.17, 15) is 4.39 Å². The molecule has 13 heavy (non-hydrogen) atoms. The van der Waals surface area contributed by atoms with Gasteiger partial charge in [-0.25, -0.2) is 4.39 Å². The van der Waals surface area contributed by atoms with Crippen molar-refractivity contribution in [3.63, 3.8) is 0 Å². The van der Waals surface area contributed by atoms with E-state index in [4.69, 9.17) is 0 Å². The van der Waals surface area contributed by atoms with Crippen LogP contribution < -0.4 is 0 Å². The molecule has 1 nitrogen and oxygen atoms in total. The molecule has 2 heteroatoms. The molecule has 2 aliphatic rings. The van der Waals surface area contributed by atoms with Gasteiger partial charge in [-0.1, -0.05) is 12.2 Å². The summed E-state index contributed by atoms with van der Waals surface area (Å²) >= 11 is 0. The van der Waals surface area contributed by atoms with E-state index in [1.165, 1.54) is 25.9 Å². The molecule has 1 unspecified atom stereocenters. The highest BCUT2D eigenvalue weighted by molar-refractivity contribution is 5.08. The van der Waals surface area contributed by atoms with Crippen molar-refractivity contribution in [2.45, 2.75) is 31.9 Å². The van der Waals surface area contributed by atoms with Crippen molar-refractivity contribution in [2.75, 3.05) is 20.1 Å². The Morgan fingerprint density at radius 2 is 2.00 bits per heavy atom. The number of alkyl halides is 1. The van der Waals surface area contributed by atoms with Crippen molar-refractivity contribution in [1.82, 2.24) is 4.90 Å². The molecule has 74 valence electrons. The number of hydrogen-bond acceptors (Lipinski definition) is 1. The second-order valence-corrected chi connectivity index (χ2v) is 4.58. The highest BCUT2D eigenvalue weighted by atomic mass is 19.1. The summed E-state index contributed by atoms with van der Waals surface area (Å²) in [5.41, 5.74) is 0.356. The number of nitrogens with zero attached hydrogens (tertiary/aromatic N) is 1. The fourth-order valence-electron chi connectivity index (χ4n) is 2.39. The van der Waals surface area contributed by atoms with Crippen LogP contribution in [0.5, 0.6) is 0 Å². The standard InChI is InChI=1S/C11H18FN/c1-13-8-6-11(7-9-13)4-2-10(12)3-5-11/h2,4,10H,3,5-9H2,1H3. The van der Waals surface area contributed by atoms with Gasteiger partial charge in [0.1, 0.15) is 6.17 Å². The Balaban J connectivity index is 2.02. The van der Waals surface area contributed by atoms with E-state index >= 15 is 0 Å². The van der Waals surface area contributed by atoms with Crippen molar-refractivity contribution >= 4 is 0 Å². The maximum absolute atomic E-state index is 12.9. The van der Waals surface area contributed by atoms with Gasteiger partial charge in [-0.3, -0.25) is 0 Å². The first-order valence-electron chi connectivity index (χ1n) is 5.22. The molecule has 0 aromatic rings. The Kier molecular flexibility index (Phi) is 2.41.